The maximum absolute atomic E-state index is 5.36. The van der Waals surface area contributed by atoms with Crippen LogP contribution in [0.15, 0.2) is 0 Å². The molecule has 1 atom stereocenters. The molecule has 79 valence electrons. The molecule has 2 heteroatoms. The summed E-state index contributed by atoms with van der Waals surface area (Å²) in [5.74, 6) is 1.27. The van der Waals surface area contributed by atoms with Gasteiger partial charge in [-0.1, -0.05) is 58.6 Å². The molecule has 0 fully saturated rings. The predicted octanol–water partition coefficient (Wildman–Crippen LogP) is 5.01. The maximum atomic E-state index is 5.36. The van der Waals surface area contributed by atoms with Crippen LogP contribution < -0.4 is 0 Å². The lowest BCUT2D eigenvalue weighted by Gasteiger charge is -2.08. The monoisotopic (exact) mass is 219 g/mol. The number of thioether (sulfide) groups is 1. The Bertz CT molecular complexity index is 94.1. The fourth-order valence-corrected chi connectivity index (χ4v) is 2.63. The van der Waals surface area contributed by atoms with Gasteiger partial charge in [0.1, 0.15) is 0 Å². The predicted molar refractivity (Wildman–Crippen MR) is 67.5 cm³/mol. The second-order valence-corrected chi connectivity index (χ2v) is 5.68. The molecule has 0 nitrogen and oxygen atoms in total. The molecular weight excluding hydrogens is 196 g/mol. The number of rotatable bonds is 9. The first-order valence-corrected chi connectivity index (χ1v) is 7.10. The topological polar surface area (TPSA) is 0 Å². The van der Waals surface area contributed by atoms with Crippen LogP contribution in [0.25, 0.3) is 0 Å². The molecule has 0 aliphatic heterocycles. The summed E-state index contributed by atoms with van der Waals surface area (Å²) in [6, 6.07) is 0. The molecule has 0 aromatic heterocycles. The molecule has 0 spiro atoms. The summed E-state index contributed by atoms with van der Waals surface area (Å²) < 4.78 is 0.475. The number of hydrogen-bond donors (Lipinski definition) is 0. The van der Waals surface area contributed by atoms with E-state index in [2.05, 4.69) is 13.8 Å². The fourth-order valence-electron chi connectivity index (χ4n) is 1.21. The third kappa shape index (κ3) is 10.6. The van der Waals surface area contributed by atoms with Crippen molar-refractivity contribution in [3.63, 3.8) is 0 Å². The lowest BCUT2D eigenvalue weighted by atomic mass is 10.2. The third-order valence-corrected chi connectivity index (χ3v) is 3.87. The maximum Gasteiger partial charge on any atom is 0.0606 e. The van der Waals surface area contributed by atoms with Gasteiger partial charge in [-0.25, -0.2) is 0 Å². The molecule has 0 aromatic carbocycles. The molecule has 0 aliphatic rings. The van der Waals surface area contributed by atoms with Crippen molar-refractivity contribution in [1.29, 1.82) is 0 Å². The summed E-state index contributed by atoms with van der Waals surface area (Å²) in [4.78, 5) is 0. The van der Waals surface area contributed by atoms with Crippen molar-refractivity contribution in [2.24, 2.45) is 0 Å². The van der Waals surface area contributed by atoms with Crippen molar-refractivity contribution >= 4 is 24.4 Å². The zero-order valence-corrected chi connectivity index (χ0v) is 10.7. The Hall–Kier alpha value is 0.700. The number of unbranched alkanes of at least 4 members (excludes halogenated alkanes) is 4. The summed E-state index contributed by atoms with van der Waals surface area (Å²) in [6.45, 7) is 4.49. The zero-order chi connectivity index (χ0) is 9.94. The molecule has 0 aromatic rings. The van der Waals surface area contributed by atoms with Crippen molar-refractivity contribution in [1.82, 2.24) is 0 Å². The van der Waals surface area contributed by atoms with E-state index >= 15 is 0 Å². The first-order chi connectivity index (χ1) is 6.31. The highest BCUT2D eigenvalue weighted by Gasteiger charge is 2.02. The second kappa shape index (κ2) is 10.8. The summed E-state index contributed by atoms with van der Waals surface area (Å²) in [6.07, 6.45) is 9.25. The Kier molecular flexibility index (Phi) is 11.4. The SMILES string of the molecule is CCCCCSC([S])CCCCC. The molecule has 13 heavy (non-hydrogen) atoms. The minimum Gasteiger partial charge on any atom is -0.147 e. The van der Waals surface area contributed by atoms with Gasteiger partial charge in [0.25, 0.3) is 0 Å². The molecule has 0 saturated heterocycles. The molecule has 0 saturated carbocycles. The van der Waals surface area contributed by atoms with Crippen molar-refractivity contribution in [3.8, 4) is 0 Å². The average molecular weight is 219 g/mol. The van der Waals surface area contributed by atoms with E-state index in [1.165, 1.54) is 50.7 Å². The Morgan fingerprint density at radius 3 is 2.23 bits per heavy atom. The van der Waals surface area contributed by atoms with Crippen LogP contribution in [-0.4, -0.2) is 10.3 Å². The Labute approximate surface area is 93.7 Å². The molecule has 0 bridgehead atoms. The first-order valence-electron chi connectivity index (χ1n) is 5.58. The molecule has 0 amide bonds. The van der Waals surface area contributed by atoms with Gasteiger partial charge in [-0.05, 0) is 18.6 Å². The molecular formula is C11H23S2. The Morgan fingerprint density at radius 1 is 1.00 bits per heavy atom. The van der Waals surface area contributed by atoms with Crippen LogP contribution in [0.4, 0.5) is 0 Å². The Balaban J connectivity index is 3.05. The van der Waals surface area contributed by atoms with Crippen molar-refractivity contribution < 1.29 is 0 Å². The number of hydrogen-bond acceptors (Lipinski definition) is 1. The van der Waals surface area contributed by atoms with Crippen molar-refractivity contribution in [2.75, 3.05) is 5.75 Å². The van der Waals surface area contributed by atoms with Crippen LogP contribution in [0.1, 0.15) is 58.8 Å². The quantitative estimate of drug-likeness (QED) is 0.491. The molecule has 1 unspecified atom stereocenters. The third-order valence-electron chi connectivity index (χ3n) is 2.10. The van der Waals surface area contributed by atoms with E-state index in [0.29, 0.717) is 4.58 Å². The fraction of sp³-hybridized carbons (Fsp3) is 1.00. The van der Waals surface area contributed by atoms with E-state index in [4.69, 9.17) is 12.6 Å². The highest BCUT2D eigenvalue weighted by Crippen LogP contribution is 2.22. The van der Waals surface area contributed by atoms with Gasteiger partial charge in [-0.15, -0.1) is 11.8 Å². The molecule has 1 radical (unpaired) electrons. The molecule has 0 N–H and O–H groups in total. The second-order valence-electron chi connectivity index (χ2n) is 3.50. The van der Waals surface area contributed by atoms with Gasteiger partial charge >= 0.3 is 0 Å². The van der Waals surface area contributed by atoms with Gasteiger partial charge in [0.15, 0.2) is 0 Å². The highest BCUT2D eigenvalue weighted by atomic mass is 32.2. The van der Waals surface area contributed by atoms with Gasteiger partial charge in [0.2, 0.25) is 0 Å². The lowest BCUT2D eigenvalue weighted by Crippen LogP contribution is -1.94. The van der Waals surface area contributed by atoms with Crippen LogP contribution in [0.2, 0.25) is 0 Å². The van der Waals surface area contributed by atoms with Crippen molar-refractivity contribution in [2.45, 2.75) is 63.4 Å². The standard InChI is InChI=1S/C11H23S2/c1-3-5-7-9-11(12)13-10-8-6-4-2/h11H,3-10H2,1-2H3. The smallest absolute Gasteiger partial charge is 0.0606 e. The largest absolute Gasteiger partial charge is 0.147 e. The Morgan fingerprint density at radius 2 is 1.62 bits per heavy atom. The van der Waals surface area contributed by atoms with Gasteiger partial charge in [0.05, 0.1) is 4.58 Å². The van der Waals surface area contributed by atoms with Gasteiger partial charge < -0.3 is 0 Å². The van der Waals surface area contributed by atoms with Crippen LogP contribution in [0, 0.1) is 0 Å². The molecule has 0 aliphatic carbocycles. The summed E-state index contributed by atoms with van der Waals surface area (Å²) >= 11 is 7.34. The van der Waals surface area contributed by atoms with E-state index < -0.39 is 0 Å². The minimum atomic E-state index is 0.475. The van der Waals surface area contributed by atoms with Crippen LogP contribution in [0.5, 0.6) is 0 Å². The van der Waals surface area contributed by atoms with Crippen molar-refractivity contribution in [3.05, 3.63) is 0 Å². The van der Waals surface area contributed by atoms with E-state index in [-0.39, 0.29) is 0 Å². The van der Waals surface area contributed by atoms with Gasteiger partial charge in [-0.2, -0.15) is 0 Å². The van der Waals surface area contributed by atoms with Crippen LogP contribution in [0.3, 0.4) is 0 Å². The van der Waals surface area contributed by atoms with Crippen LogP contribution in [-0.2, 0) is 0 Å². The summed E-state index contributed by atoms with van der Waals surface area (Å²) in [5, 5.41) is 0. The van der Waals surface area contributed by atoms with Crippen LogP contribution >= 0.6 is 24.4 Å². The summed E-state index contributed by atoms with van der Waals surface area (Å²) in [5.41, 5.74) is 0. The molecule has 0 rings (SSSR count). The minimum absolute atomic E-state index is 0.475. The highest BCUT2D eigenvalue weighted by molar-refractivity contribution is 8.10. The van der Waals surface area contributed by atoms with E-state index in [1.807, 2.05) is 11.8 Å². The van der Waals surface area contributed by atoms with E-state index in [1.54, 1.807) is 0 Å². The lowest BCUT2D eigenvalue weighted by molar-refractivity contribution is 0.697. The van der Waals surface area contributed by atoms with E-state index in [0.717, 1.165) is 0 Å². The van der Waals surface area contributed by atoms with Gasteiger partial charge in [0, 0.05) is 0 Å². The summed E-state index contributed by atoms with van der Waals surface area (Å²) in [7, 11) is 0. The average Bonchev–Trinajstić information content (AvgIpc) is 2.13. The first kappa shape index (κ1) is 13.7. The normalized spacial score (nSPS) is 13.2. The van der Waals surface area contributed by atoms with E-state index in [9.17, 15) is 0 Å². The molecule has 0 heterocycles. The zero-order valence-electron chi connectivity index (χ0n) is 9.05. The van der Waals surface area contributed by atoms with Gasteiger partial charge in [-0.3, -0.25) is 0 Å².